The van der Waals surface area contributed by atoms with Crippen LogP contribution in [0.1, 0.15) is 24.8 Å². The summed E-state index contributed by atoms with van der Waals surface area (Å²) >= 11 is 0. The third-order valence-electron chi connectivity index (χ3n) is 4.53. The number of piperidine rings is 1. The lowest BCUT2D eigenvalue weighted by molar-refractivity contribution is -0.384. The smallest absolute Gasteiger partial charge is 0.292 e. The monoisotopic (exact) mass is 316 g/mol. The third-order valence-corrected chi connectivity index (χ3v) is 4.53. The van der Waals surface area contributed by atoms with E-state index in [1.165, 1.54) is 6.07 Å². The molecule has 2 heterocycles. The minimum absolute atomic E-state index is 0.120. The summed E-state index contributed by atoms with van der Waals surface area (Å²) in [7, 11) is 1.87. The predicted molar refractivity (Wildman–Crippen MR) is 86.2 cm³/mol. The van der Waals surface area contributed by atoms with Gasteiger partial charge in [0, 0.05) is 38.6 Å². The molecule has 1 aromatic heterocycles. The molecule has 0 amide bonds. The molecule has 23 heavy (non-hydrogen) atoms. The zero-order valence-electron chi connectivity index (χ0n) is 13.0. The van der Waals surface area contributed by atoms with Crippen molar-refractivity contribution in [3.63, 3.8) is 0 Å². The number of benzene rings is 1. The zero-order chi connectivity index (χ0) is 16.4. The van der Waals surface area contributed by atoms with Gasteiger partial charge in [0.15, 0.2) is 0 Å². The van der Waals surface area contributed by atoms with Crippen LogP contribution in [0, 0.1) is 16.0 Å². The molecule has 1 fully saturated rings. The summed E-state index contributed by atoms with van der Waals surface area (Å²) in [6.45, 7) is 1.38. The molecule has 1 aromatic carbocycles. The number of aryl methyl sites for hydroxylation is 1. The fourth-order valence-electron chi connectivity index (χ4n) is 3.22. The number of aromatic nitrogens is 2. The molecule has 1 atom stereocenters. The highest BCUT2D eigenvalue weighted by Gasteiger charge is 2.30. The van der Waals surface area contributed by atoms with E-state index in [4.69, 9.17) is 0 Å². The van der Waals surface area contributed by atoms with Crippen LogP contribution in [-0.2, 0) is 7.05 Å². The lowest BCUT2D eigenvalue weighted by Gasteiger charge is -2.35. The van der Waals surface area contributed by atoms with Crippen LogP contribution in [0.2, 0.25) is 0 Å². The van der Waals surface area contributed by atoms with Crippen molar-refractivity contribution < 1.29 is 10.0 Å². The van der Waals surface area contributed by atoms with Gasteiger partial charge in [-0.1, -0.05) is 12.1 Å². The topological polar surface area (TPSA) is 84.4 Å². The van der Waals surface area contributed by atoms with E-state index in [0.29, 0.717) is 24.6 Å². The van der Waals surface area contributed by atoms with Crippen LogP contribution in [0.25, 0.3) is 0 Å². The Bertz CT molecular complexity index is 692. The van der Waals surface area contributed by atoms with Gasteiger partial charge in [-0.05, 0) is 24.8 Å². The van der Waals surface area contributed by atoms with Crippen molar-refractivity contribution in [2.45, 2.75) is 18.9 Å². The Labute approximate surface area is 134 Å². The number of aliphatic hydroxyl groups excluding tert-OH is 1. The second-order valence-corrected chi connectivity index (χ2v) is 5.91. The zero-order valence-corrected chi connectivity index (χ0v) is 13.0. The number of nitro benzene ring substituents is 1. The second kappa shape index (κ2) is 6.37. The second-order valence-electron chi connectivity index (χ2n) is 5.91. The Morgan fingerprint density at radius 3 is 2.65 bits per heavy atom. The largest absolute Gasteiger partial charge is 0.385 e. The average Bonchev–Trinajstić information content (AvgIpc) is 3.00. The summed E-state index contributed by atoms with van der Waals surface area (Å²) in [5.74, 6) is 0.796. The maximum absolute atomic E-state index is 11.2. The molecule has 1 unspecified atom stereocenters. The van der Waals surface area contributed by atoms with Gasteiger partial charge in [-0.15, -0.1) is 0 Å². The van der Waals surface area contributed by atoms with Gasteiger partial charge >= 0.3 is 0 Å². The first kappa shape index (κ1) is 15.5. The van der Waals surface area contributed by atoms with Crippen molar-refractivity contribution in [1.29, 1.82) is 0 Å². The highest BCUT2D eigenvalue weighted by Crippen LogP contribution is 2.34. The molecule has 1 saturated heterocycles. The van der Waals surface area contributed by atoms with Crippen LogP contribution >= 0.6 is 0 Å². The predicted octanol–water partition coefficient (Wildman–Crippen LogP) is 2.28. The van der Waals surface area contributed by atoms with Gasteiger partial charge in [0.1, 0.15) is 17.6 Å². The van der Waals surface area contributed by atoms with E-state index < -0.39 is 6.10 Å². The van der Waals surface area contributed by atoms with Gasteiger partial charge in [-0.2, -0.15) is 0 Å². The number of rotatable bonds is 4. The number of hydrogen-bond donors (Lipinski definition) is 1. The SMILES string of the molecule is Cn1ccnc1C(O)C1CCN(c2ccccc2[N+](=O)[O-])CC1. The van der Waals surface area contributed by atoms with Crippen molar-refractivity contribution in [2.24, 2.45) is 13.0 Å². The Balaban J connectivity index is 1.70. The minimum atomic E-state index is -0.595. The van der Waals surface area contributed by atoms with E-state index in [1.807, 2.05) is 28.8 Å². The molecule has 0 bridgehead atoms. The Morgan fingerprint density at radius 1 is 1.35 bits per heavy atom. The maximum atomic E-state index is 11.2. The van der Waals surface area contributed by atoms with Gasteiger partial charge in [-0.25, -0.2) is 4.98 Å². The van der Waals surface area contributed by atoms with E-state index in [1.54, 1.807) is 18.3 Å². The van der Waals surface area contributed by atoms with Crippen molar-refractivity contribution in [3.05, 3.63) is 52.6 Å². The summed E-state index contributed by atoms with van der Waals surface area (Å²) < 4.78 is 1.83. The highest BCUT2D eigenvalue weighted by atomic mass is 16.6. The number of imidazole rings is 1. The molecule has 3 rings (SSSR count). The van der Waals surface area contributed by atoms with Gasteiger partial charge in [-0.3, -0.25) is 10.1 Å². The summed E-state index contributed by atoms with van der Waals surface area (Å²) in [6, 6.07) is 6.81. The van der Waals surface area contributed by atoms with Crippen LogP contribution in [0.15, 0.2) is 36.7 Å². The first-order chi connectivity index (χ1) is 11.1. The molecular weight excluding hydrogens is 296 g/mol. The standard InChI is InChI=1S/C16H20N4O3/c1-18-11-8-17-16(18)15(21)12-6-9-19(10-7-12)13-4-2-3-5-14(13)20(22)23/h2-5,8,11-12,15,21H,6-7,9-10H2,1H3. The lowest BCUT2D eigenvalue weighted by atomic mass is 9.90. The molecule has 0 saturated carbocycles. The molecule has 0 aliphatic carbocycles. The molecule has 1 N–H and O–H groups in total. The van der Waals surface area contributed by atoms with Crippen molar-refractivity contribution in [1.82, 2.24) is 9.55 Å². The number of nitrogens with zero attached hydrogens (tertiary/aromatic N) is 4. The average molecular weight is 316 g/mol. The fraction of sp³-hybridized carbons (Fsp3) is 0.438. The molecule has 7 heteroatoms. The molecule has 0 spiro atoms. The van der Waals surface area contributed by atoms with Gasteiger partial charge < -0.3 is 14.6 Å². The number of anilines is 1. The summed E-state index contributed by atoms with van der Waals surface area (Å²) in [5, 5.41) is 21.7. The molecule has 0 radical (unpaired) electrons. The van der Waals surface area contributed by atoms with E-state index in [0.717, 1.165) is 12.8 Å². The molecule has 1 aliphatic rings. The van der Waals surface area contributed by atoms with Crippen LogP contribution in [0.5, 0.6) is 0 Å². The Kier molecular flexibility index (Phi) is 4.29. The number of para-hydroxylation sites is 2. The molecule has 7 nitrogen and oxygen atoms in total. The minimum Gasteiger partial charge on any atom is -0.385 e. The van der Waals surface area contributed by atoms with Crippen LogP contribution in [-0.4, -0.2) is 32.7 Å². The lowest BCUT2D eigenvalue weighted by Crippen LogP contribution is -2.36. The summed E-state index contributed by atoms with van der Waals surface area (Å²) in [6.07, 6.45) is 4.46. The van der Waals surface area contributed by atoms with Crippen LogP contribution < -0.4 is 4.90 Å². The van der Waals surface area contributed by atoms with E-state index >= 15 is 0 Å². The first-order valence-electron chi connectivity index (χ1n) is 7.71. The normalized spacial score (nSPS) is 17.2. The van der Waals surface area contributed by atoms with Crippen LogP contribution in [0.3, 0.4) is 0 Å². The van der Waals surface area contributed by atoms with Crippen molar-refractivity contribution in [2.75, 3.05) is 18.0 Å². The summed E-state index contributed by atoms with van der Waals surface area (Å²) in [5.41, 5.74) is 0.790. The number of hydrogen-bond acceptors (Lipinski definition) is 5. The Morgan fingerprint density at radius 2 is 2.04 bits per heavy atom. The number of aliphatic hydroxyl groups is 1. The van der Waals surface area contributed by atoms with E-state index in [9.17, 15) is 15.2 Å². The van der Waals surface area contributed by atoms with E-state index in [2.05, 4.69) is 4.98 Å². The first-order valence-corrected chi connectivity index (χ1v) is 7.71. The molecular formula is C16H20N4O3. The van der Waals surface area contributed by atoms with Crippen molar-refractivity contribution >= 4 is 11.4 Å². The highest BCUT2D eigenvalue weighted by molar-refractivity contribution is 5.63. The third kappa shape index (κ3) is 3.05. The quantitative estimate of drug-likeness (QED) is 0.691. The van der Waals surface area contributed by atoms with E-state index in [-0.39, 0.29) is 16.5 Å². The Hall–Kier alpha value is -2.41. The van der Waals surface area contributed by atoms with Gasteiger partial charge in [0.05, 0.1) is 4.92 Å². The maximum Gasteiger partial charge on any atom is 0.292 e. The molecule has 122 valence electrons. The molecule has 1 aliphatic heterocycles. The van der Waals surface area contributed by atoms with Crippen LogP contribution in [0.4, 0.5) is 11.4 Å². The van der Waals surface area contributed by atoms with Gasteiger partial charge in [0.2, 0.25) is 0 Å². The fourth-order valence-corrected chi connectivity index (χ4v) is 3.22. The summed E-state index contributed by atoms with van der Waals surface area (Å²) in [4.78, 5) is 17.1. The van der Waals surface area contributed by atoms with Crippen molar-refractivity contribution in [3.8, 4) is 0 Å². The van der Waals surface area contributed by atoms with Gasteiger partial charge in [0.25, 0.3) is 5.69 Å². The number of nitro groups is 1. The molecule has 2 aromatic rings.